The maximum Gasteiger partial charge on any atom is 0.410 e. The van der Waals surface area contributed by atoms with Gasteiger partial charge < -0.3 is 9.64 Å². The van der Waals surface area contributed by atoms with E-state index in [0.717, 1.165) is 24.1 Å². The fourth-order valence-corrected chi connectivity index (χ4v) is 3.35. The Morgan fingerprint density at radius 3 is 2.17 bits per heavy atom. The second-order valence-corrected chi connectivity index (χ2v) is 8.32. The highest BCUT2D eigenvalue weighted by Crippen LogP contribution is 2.21. The van der Waals surface area contributed by atoms with E-state index in [9.17, 15) is 4.79 Å². The van der Waals surface area contributed by atoms with Gasteiger partial charge in [-0.2, -0.15) is 0 Å². The molecule has 0 radical (unpaired) electrons. The Kier molecular flexibility index (Phi) is 5.74. The lowest BCUT2D eigenvalue weighted by Gasteiger charge is -2.44. The second-order valence-electron chi connectivity index (χ2n) is 7.41. The summed E-state index contributed by atoms with van der Waals surface area (Å²) in [4.78, 5) is 16.7. The number of carbonyl (C=O) groups excluding carboxylic acids is 1. The van der Waals surface area contributed by atoms with Crippen LogP contribution in [0.4, 0.5) is 4.79 Å². The Balaban J connectivity index is 1.98. The molecule has 1 aromatic rings. The molecule has 2 rings (SSSR count). The van der Waals surface area contributed by atoms with Crippen LogP contribution < -0.4 is 0 Å². The molecule has 1 fully saturated rings. The molecule has 2 atom stereocenters. The first-order valence-electron chi connectivity index (χ1n) is 8.14. The summed E-state index contributed by atoms with van der Waals surface area (Å²) < 4.78 is 6.64. The van der Waals surface area contributed by atoms with Crippen LogP contribution >= 0.6 is 15.9 Å². The third-order valence-electron chi connectivity index (χ3n) is 3.92. The standard InChI is InChI=1S/C18H27BrN2O2/c1-13-10-20(12-15-6-8-16(19)9-7-15)11-14(2)21(13)17(22)23-18(3,4)5/h6-9,13-14H,10-12H2,1-5H3/t13-,14+. The van der Waals surface area contributed by atoms with E-state index >= 15 is 0 Å². The Morgan fingerprint density at radius 1 is 1.17 bits per heavy atom. The van der Waals surface area contributed by atoms with E-state index in [1.54, 1.807) is 0 Å². The minimum atomic E-state index is -0.453. The average Bonchev–Trinajstić information content (AvgIpc) is 2.38. The van der Waals surface area contributed by atoms with Crippen LogP contribution in [0.3, 0.4) is 0 Å². The van der Waals surface area contributed by atoms with Gasteiger partial charge in [0.1, 0.15) is 5.60 Å². The van der Waals surface area contributed by atoms with Gasteiger partial charge in [-0.1, -0.05) is 28.1 Å². The van der Waals surface area contributed by atoms with Crippen LogP contribution in [0.25, 0.3) is 0 Å². The number of hydrogen-bond donors (Lipinski definition) is 0. The number of halogens is 1. The number of benzene rings is 1. The quantitative estimate of drug-likeness (QED) is 0.764. The van der Waals surface area contributed by atoms with Crippen molar-refractivity contribution in [1.29, 1.82) is 0 Å². The molecule has 128 valence electrons. The largest absolute Gasteiger partial charge is 0.444 e. The molecule has 0 spiro atoms. The topological polar surface area (TPSA) is 32.8 Å². The van der Waals surface area contributed by atoms with Crippen molar-refractivity contribution in [2.24, 2.45) is 0 Å². The Bertz CT molecular complexity index is 527. The maximum atomic E-state index is 12.4. The zero-order chi connectivity index (χ0) is 17.2. The summed E-state index contributed by atoms with van der Waals surface area (Å²) in [5.41, 5.74) is 0.837. The van der Waals surface area contributed by atoms with Crippen LogP contribution in [0.1, 0.15) is 40.2 Å². The fraction of sp³-hybridized carbons (Fsp3) is 0.611. The zero-order valence-corrected chi connectivity index (χ0v) is 16.3. The number of piperazine rings is 1. The van der Waals surface area contributed by atoms with E-state index in [4.69, 9.17) is 4.74 Å². The van der Waals surface area contributed by atoms with Gasteiger partial charge in [0.05, 0.1) is 0 Å². The molecule has 1 saturated heterocycles. The number of nitrogens with zero attached hydrogens (tertiary/aromatic N) is 2. The predicted molar refractivity (Wildman–Crippen MR) is 96.4 cm³/mol. The summed E-state index contributed by atoms with van der Waals surface area (Å²) in [6.45, 7) is 12.5. The summed E-state index contributed by atoms with van der Waals surface area (Å²) in [6.07, 6.45) is -0.208. The van der Waals surface area contributed by atoms with Crippen molar-refractivity contribution < 1.29 is 9.53 Å². The van der Waals surface area contributed by atoms with Gasteiger partial charge in [0, 0.05) is 36.2 Å². The van der Waals surface area contributed by atoms with E-state index in [1.807, 2.05) is 25.7 Å². The molecule has 0 N–H and O–H groups in total. The minimum Gasteiger partial charge on any atom is -0.444 e. The van der Waals surface area contributed by atoms with Crippen LogP contribution in [0, 0.1) is 0 Å². The van der Waals surface area contributed by atoms with Crippen molar-refractivity contribution in [2.75, 3.05) is 13.1 Å². The molecule has 0 bridgehead atoms. The molecule has 0 aromatic heterocycles. The first kappa shape index (κ1) is 18.3. The smallest absolute Gasteiger partial charge is 0.410 e. The molecule has 0 saturated carbocycles. The van der Waals surface area contributed by atoms with Gasteiger partial charge >= 0.3 is 6.09 Å². The van der Waals surface area contributed by atoms with Crippen molar-refractivity contribution in [3.8, 4) is 0 Å². The molecule has 0 unspecified atom stereocenters. The molecule has 4 nitrogen and oxygen atoms in total. The predicted octanol–water partition coefficient (Wildman–Crippen LogP) is 4.28. The van der Waals surface area contributed by atoms with Gasteiger partial charge in [0.15, 0.2) is 0 Å². The van der Waals surface area contributed by atoms with Crippen LogP contribution in [0.2, 0.25) is 0 Å². The summed E-state index contributed by atoms with van der Waals surface area (Å²) in [5.74, 6) is 0. The highest BCUT2D eigenvalue weighted by Gasteiger charge is 2.35. The SMILES string of the molecule is C[C@@H]1CN(Cc2ccc(Br)cc2)C[C@H](C)N1C(=O)OC(C)(C)C. The molecule has 1 aliphatic rings. The third kappa shape index (κ3) is 5.21. The van der Waals surface area contributed by atoms with Crippen molar-refractivity contribution in [2.45, 2.75) is 58.8 Å². The molecule has 5 heteroatoms. The van der Waals surface area contributed by atoms with E-state index in [-0.39, 0.29) is 18.2 Å². The number of carbonyl (C=O) groups is 1. The van der Waals surface area contributed by atoms with Crippen molar-refractivity contribution >= 4 is 22.0 Å². The van der Waals surface area contributed by atoms with Gasteiger partial charge in [-0.25, -0.2) is 4.79 Å². The lowest BCUT2D eigenvalue weighted by molar-refractivity contribution is -0.0162. The number of hydrogen-bond acceptors (Lipinski definition) is 3. The van der Waals surface area contributed by atoms with Gasteiger partial charge in [0.2, 0.25) is 0 Å². The summed E-state index contributed by atoms with van der Waals surface area (Å²) in [5, 5.41) is 0. The lowest BCUT2D eigenvalue weighted by atomic mass is 10.1. The zero-order valence-electron chi connectivity index (χ0n) is 14.7. The first-order valence-corrected chi connectivity index (χ1v) is 8.93. The second kappa shape index (κ2) is 7.22. The van der Waals surface area contributed by atoms with Crippen LogP contribution in [-0.4, -0.2) is 46.7 Å². The van der Waals surface area contributed by atoms with Gasteiger partial charge in [0.25, 0.3) is 0 Å². The molecule has 0 aliphatic carbocycles. The molecule has 1 amide bonds. The van der Waals surface area contributed by atoms with E-state index in [2.05, 4.69) is 58.9 Å². The van der Waals surface area contributed by atoms with Crippen molar-refractivity contribution in [3.05, 3.63) is 34.3 Å². The summed E-state index contributed by atoms with van der Waals surface area (Å²) in [6, 6.07) is 8.70. The highest BCUT2D eigenvalue weighted by molar-refractivity contribution is 9.10. The molecule has 23 heavy (non-hydrogen) atoms. The van der Waals surface area contributed by atoms with Gasteiger partial charge in [-0.15, -0.1) is 0 Å². The fourth-order valence-electron chi connectivity index (χ4n) is 3.08. The maximum absolute atomic E-state index is 12.4. The van der Waals surface area contributed by atoms with Crippen LogP contribution in [-0.2, 0) is 11.3 Å². The molecule has 1 aliphatic heterocycles. The van der Waals surface area contributed by atoms with E-state index in [1.165, 1.54) is 5.56 Å². The normalized spacial score (nSPS) is 23.0. The Hall–Kier alpha value is -1.07. The average molecular weight is 383 g/mol. The third-order valence-corrected chi connectivity index (χ3v) is 4.45. The van der Waals surface area contributed by atoms with Gasteiger partial charge in [-0.05, 0) is 52.3 Å². The van der Waals surface area contributed by atoms with E-state index in [0.29, 0.717) is 0 Å². The monoisotopic (exact) mass is 382 g/mol. The Labute approximate surface area is 147 Å². The Morgan fingerprint density at radius 2 is 1.70 bits per heavy atom. The first-order chi connectivity index (χ1) is 10.7. The summed E-state index contributed by atoms with van der Waals surface area (Å²) in [7, 11) is 0. The molecule has 1 aromatic carbocycles. The number of amides is 1. The van der Waals surface area contributed by atoms with Gasteiger partial charge in [-0.3, -0.25) is 4.90 Å². The lowest BCUT2D eigenvalue weighted by Crippen LogP contribution is -2.59. The summed E-state index contributed by atoms with van der Waals surface area (Å²) >= 11 is 3.47. The number of rotatable bonds is 2. The van der Waals surface area contributed by atoms with Crippen molar-refractivity contribution in [1.82, 2.24) is 9.80 Å². The molecular weight excluding hydrogens is 356 g/mol. The molecular formula is C18H27BrN2O2. The van der Waals surface area contributed by atoms with Crippen molar-refractivity contribution in [3.63, 3.8) is 0 Å². The highest BCUT2D eigenvalue weighted by atomic mass is 79.9. The van der Waals surface area contributed by atoms with E-state index < -0.39 is 5.60 Å². The minimum absolute atomic E-state index is 0.143. The number of ether oxygens (including phenoxy) is 1. The van der Waals surface area contributed by atoms with Crippen LogP contribution in [0.15, 0.2) is 28.7 Å². The molecule has 1 heterocycles. The van der Waals surface area contributed by atoms with Crippen LogP contribution in [0.5, 0.6) is 0 Å².